The smallest absolute Gasteiger partial charge is 0.260 e. The summed E-state index contributed by atoms with van der Waals surface area (Å²) in [5.74, 6) is 0.0129. The molecule has 1 saturated heterocycles. The van der Waals surface area contributed by atoms with Crippen molar-refractivity contribution in [1.82, 2.24) is 4.90 Å². The fourth-order valence-electron chi connectivity index (χ4n) is 2.05. The van der Waals surface area contributed by atoms with Gasteiger partial charge < -0.3 is 0 Å². The molecule has 0 spiro atoms. The fraction of sp³-hybridized carbons (Fsp3) is 0.385. The van der Waals surface area contributed by atoms with E-state index in [1.807, 2.05) is 26.0 Å². The quantitative estimate of drug-likeness (QED) is 0.747. The lowest BCUT2D eigenvalue weighted by molar-refractivity contribution is -0.125. The molecule has 1 unspecified atom stereocenters. The van der Waals surface area contributed by atoms with Crippen LogP contribution in [-0.2, 0) is 4.79 Å². The number of likely N-dealkylation sites (tertiary alicyclic amines) is 1. The van der Waals surface area contributed by atoms with Crippen molar-refractivity contribution in [2.45, 2.75) is 20.3 Å². The van der Waals surface area contributed by atoms with Gasteiger partial charge in [-0.25, -0.2) is 0 Å². The highest BCUT2D eigenvalue weighted by atomic mass is 79.9. The van der Waals surface area contributed by atoms with Crippen molar-refractivity contribution < 1.29 is 9.59 Å². The zero-order valence-corrected chi connectivity index (χ0v) is 11.5. The van der Waals surface area contributed by atoms with Crippen LogP contribution in [-0.4, -0.2) is 23.3 Å². The van der Waals surface area contributed by atoms with E-state index in [9.17, 15) is 9.59 Å². The molecule has 1 aromatic carbocycles. The summed E-state index contributed by atoms with van der Waals surface area (Å²) in [7, 11) is 0. The number of halogens is 1. The molecule has 1 aromatic rings. The van der Waals surface area contributed by atoms with E-state index in [0.29, 0.717) is 18.5 Å². The van der Waals surface area contributed by atoms with Crippen molar-refractivity contribution in [3.8, 4) is 0 Å². The van der Waals surface area contributed by atoms with Crippen molar-refractivity contribution in [3.05, 3.63) is 33.8 Å². The molecule has 17 heavy (non-hydrogen) atoms. The summed E-state index contributed by atoms with van der Waals surface area (Å²) in [5.41, 5.74) is 1.49. The number of carbonyl (C=O) groups is 2. The fourth-order valence-corrected chi connectivity index (χ4v) is 2.41. The highest BCUT2D eigenvalue weighted by molar-refractivity contribution is 9.10. The van der Waals surface area contributed by atoms with Gasteiger partial charge in [-0.3, -0.25) is 14.5 Å². The van der Waals surface area contributed by atoms with Crippen LogP contribution in [0.4, 0.5) is 0 Å². The molecule has 0 aliphatic carbocycles. The van der Waals surface area contributed by atoms with Gasteiger partial charge in [0.2, 0.25) is 5.91 Å². The SMILES string of the molecule is Cc1ccc(Br)cc1C(=O)N1CC(C)CC1=O. The zero-order chi connectivity index (χ0) is 12.6. The number of imide groups is 1. The summed E-state index contributed by atoms with van der Waals surface area (Å²) in [6.07, 6.45) is 0.471. The van der Waals surface area contributed by atoms with E-state index in [4.69, 9.17) is 0 Å². The Morgan fingerprint density at radius 2 is 2.18 bits per heavy atom. The van der Waals surface area contributed by atoms with Gasteiger partial charge in [-0.15, -0.1) is 0 Å². The Hall–Kier alpha value is -1.16. The third-order valence-corrected chi connectivity index (χ3v) is 3.49. The Morgan fingerprint density at radius 3 is 2.76 bits per heavy atom. The van der Waals surface area contributed by atoms with E-state index >= 15 is 0 Å². The second kappa shape index (κ2) is 4.61. The summed E-state index contributed by atoms with van der Waals surface area (Å²) in [6.45, 7) is 4.40. The van der Waals surface area contributed by atoms with Gasteiger partial charge in [0.25, 0.3) is 5.91 Å². The second-order valence-corrected chi connectivity index (χ2v) is 5.49. The predicted molar refractivity (Wildman–Crippen MR) is 68.7 cm³/mol. The largest absolute Gasteiger partial charge is 0.278 e. The summed E-state index contributed by atoms with van der Waals surface area (Å²) in [4.78, 5) is 25.3. The van der Waals surface area contributed by atoms with Gasteiger partial charge in [-0.1, -0.05) is 28.9 Å². The van der Waals surface area contributed by atoms with Crippen molar-refractivity contribution >= 4 is 27.7 Å². The molecule has 4 heteroatoms. The van der Waals surface area contributed by atoms with E-state index in [2.05, 4.69) is 15.9 Å². The van der Waals surface area contributed by atoms with Crippen molar-refractivity contribution in [2.24, 2.45) is 5.92 Å². The monoisotopic (exact) mass is 295 g/mol. The molecule has 3 nitrogen and oxygen atoms in total. The third kappa shape index (κ3) is 2.41. The average Bonchev–Trinajstić information content (AvgIpc) is 2.60. The topological polar surface area (TPSA) is 37.4 Å². The molecule has 0 N–H and O–H groups in total. The lowest BCUT2D eigenvalue weighted by Crippen LogP contribution is -2.32. The maximum Gasteiger partial charge on any atom is 0.260 e. The average molecular weight is 296 g/mol. The molecule has 1 aliphatic rings. The number of nitrogens with zero attached hydrogens (tertiary/aromatic N) is 1. The highest BCUT2D eigenvalue weighted by Crippen LogP contribution is 2.22. The standard InChI is InChI=1S/C13H14BrNO2/c1-8-5-12(16)15(7-8)13(17)11-6-10(14)4-3-9(11)2/h3-4,6,8H,5,7H2,1-2H3. The van der Waals surface area contributed by atoms with Crippen molar-refractivity contribution in [2.75, 3.05) is 6.54 Å². The number of hydrogen-bond acceptors (Lipinski definition) is 2. The Bertz CT molecular complexity index is 484. The number of benzene rings is 1. The predicted octanol–water partition coefficient (Wildman–Crippen LogP) is 2.77. The van der Waals surface area contributed by atoms with Gasteiger partial charge in [0.05, 0.1) is 0 Å². The van der Waals surface area contributed by atoms with Crippen LogP contribution in [0.25, 0.3) is 0 Å². The maximum absolute atomic E-state index is 12.3. The first-order chi connectivity index (χ1) is 7.99. The molecule has 1 heterocycles. The first-order valence-corrected chi connectivity index (χ1v) is 6.39. The number of aryl methyl sites for hydroxylation is 1. The minimum Gasteiger partial charge on any atom is -0.278 e. The first-order valence-electron chi connectivity index (χ1n) is 5.60. The third-order valence-electron chi connectivity index (χ3n) is 2.99. The second-order valence-electron chi connectivity index (χ2n) is 4.58. The summed E-state index contributed by atoms with van der Waals surface area (Å²) in [6, 6.07) is 5.54. The van der Waals surface area contributed by atoms with Crippen LogP contribution in [0.2, 0.25) is 0 Å². The number of rotatable bonds is 1. The van der Waals surface area contributed by atoms with E-state index in [-0.39, 0.29) is 17.7 Å². The molecular formula is C13H14BrNO2. The van der Waals surface area contributed by atoms with E-state index in [1.165, 1.54) is 4.90 Å². The molecule has 0 saturated carbocycles. The molecule has 2 amide bonds. The molecule has 1 aliphatic heterocycles. The number of carbonyl (C=O) groups excluding carboxylic acids is 2. The number of hydrogen-bond donors (Lipinski definition) is 0. The summed E-state index contributed by atoms with van der Waals surface area (Å²) < 4.78 is 0.853. The van der Waals surface area contributed by atoms with Crippen LogP contribution in [0.5, 0.6) is 0 Å². The van der Waals surface area contributed by atoms with Crippen LogP contribution in [0.1, 0.15) is 29.3 Å². The Morgan fingerprint density at radius 1 is 1.47 bits per heavy atom. The van der Waals surface area contributed by atoms with Gasteiger partial charge in [-0.2, -0.15) is 0 Å². The normalized spacial score (nSPS) is 19.8. The Labute approximate surface area is 109 Å². The van der Waals surface area contributed by atoms with Gasteiger partial charge in [0.1, 0.15) is 0 Å². The Balaban J connectivity index is 2.31. The van der Waals surface area contributed by atoms with Crippen molar-refractivity contribution in [1.29, 1.82) is 0 Å². The van der Waals surface area contributed by atoms with E-state index < -0.39 is 0 Å². The molecule has 0 aromatic heterocycles. The summed E-state index contributed by atoms with van der Waals surface area (Å²) >= 11 is 3.34. The molecule has 90 valence electrons. The molecular weight excluding hydrogens is 282 g/mol. The van der Waals surface area contributed by atoms with Crippen LogP contribution in [0.15, 0.2) is 22.7 Å². The highest BCUT2D eigenvalue weighted by Gasteiger charge is 2.32. The summed E-state index contributed by atoms with van der Waals surface area (Å²) in [5, 5.41) is 0. The van der Waals surface area contributed by atoms with Gasteiger partial charge in [0.15, 0.2) is 0 Å². The van der Waals surface area contributed by atoms with Gasteiger partial charge >= 0.3 is 0 Å². The van der Waals surface area contributed by atoms with Crippen LogP contribution in [0, 0.1) is 12.8 Å². The van der Waals surface area contributed by atoms with Crippen molar-refractivity contribution in [3.63, 3.8) is 0 Å². The molecule has 1 atom stereocenters. The van der Waals surface area contributed by atoms with Gasteiger partial charge in [0, 0.05) is 23.0 Å². The van der Waals surface area contributed by atoms with Crippen LogP contribution >= 0.6 is 15.9 Å². The minimum absolute atomic E-state index is 0.0677. The Kier molecular flexibility index (Phi) is 3.33. The number of amides is 2. The first kappa shape index (κ1) is 12.3. The minimum atomic E-state index is -0.182. The van der Waals surface area contributed by atoms with Crippen LogP contribution in [0.3, 0.4) is 0 Å². The van der Waals surface area contributed by atoms with Gasteiger partial charge in [-0.05, 0) is 30.5 Å². The maximum atomic E-state index is 12.3. The lowest BCUT2D eigenvalue weighted by atomic mass is 10.1. The molecule has 2 rings (SSSR count). The van der Waals surface area contributed by atoms with E-state index in [0.717, 1.165) is 10.0 Å². The lowest BCUT2D eigenvalue weighted by Gasteiger charge is -2.15. The molecule has 0 bridgehead atoms. The molecule has 1 fully saturated rings. The zero-order valence-electron chi connectivity index (χ0n) is 9.87. The van der Waals surface area contributed by atoms with E-state index in [1.54, 1.807) is 6.07 Å². The molecule has 0 radical (unpaired) electrons. The van der Waals surface area contributed by atoms with Crippen LogP contribution < -0.4 is 0 Å².